The molecule has 0 atom stereocenters. The van der Waals surface area contributed by atoms with Gasteiger partial charge in [0.15, 0.2) is 17.3 Å². The lowest BCUT2D eigenvalue weighted by atomic mass is 9.85. The molecule has 0 aliphatic rings. The normalized spacial score (nSPS) is 11.7. The molecule has 0 bridgehead atoms. The van der Waals surface area contributed by atoms with Crippen LogP contribution in [0.5, 0.6) is 17.2 Å². The third-order valence-corrected chi connectivity index (χ3v) is 23.8. The molecular formula is C110H68O6. The zero-order valence-corrected chi connectivity index (χ0v) is 62.9. The van der Waals surface area contributed by atoms with Crippen molar-refractivity contribution in [2.45, 2.75) is 6.92 Å². The van der Waals surface area contributed by atoms with E-state index in [1.807, 2.05) is 48.5 Å². The number of benzene rings is 23. The molecule has 0 amide bonds. The number of phenols is 3. The van der Waals surface area contributed by atoms with Gasteiger partial charge in [0, 0.05) is 11.1 Å². The van der Waals surface area contributed by atoms with Gasteiger partial charge in [0.05, 0.1) is 16.7 Å². The number of aromatic hydroxyl groups is 3. The van der Waals surface area contributed by atoms with Crippen LogP contribution in [0.4, 0.5) is 0 Å². The Bertz CT molecular complexity index is 7880. The van der Waals surface area contributed by atoms with E-state index in [4.69, 9.17) is 0 Å². The summed E-state index contributed by atoms with van der Waals surface area (Å²) in [5.74, 6) is -0.511. The van der Waals surface area contributed by atoms with Gasteiger partial charge >= 0.3 is 0 Å². The zero-order chi connectivity index (χ0) is 78.0. The predicted molar refractivity (Wildman–Crippen MR) is 482 cm³/mol. The molecular weight excluding hydrogens is 1420 g/mol. The van der Waals surface area contributed by atoms with Crippen LogP contribution >= 0.6 is 0 Å². The molecule has 6 heteroatoms. The van der Waals surface area contributed by atoms with Crippen molar-refractivity contribution in [3.63, 3.8) is 0 Å². The van der Waals surface area contributed by atoms with Gasteiger partial charge in [-0.1, -0.05) is 309 Å². The van der Waals surface area contributed by atoms with Crippen molar-refractivity contribution in [3.05, 3.63) is 404 Å². The van der Waals surface area contributed by atoms with Crippen LogP contribution in [0.3, 0.4) is 0 Å². The van der Waals surface area contributed by atoms with E-state index in [0.717, 1.165) is 43.8 Å². The van der Waals surface area contributed by atoms with Crippen molar-refractivity contribution in [2.75, 3.05) is 0 Å². The summed E-state index contributed by atoms with van der Waals surface area (Å²) in [4.78, 5) is 38.7. The van der Waals surface area contributed by atoms with Crippen molar-refractivity contribution in [3.8, 4) is 72.9 Å². The molecule has 6 nitrogen and oxygen atoms in total. The highest BCUT2D eigenvalue weighted by Gasteiger charge is 2.24. The Morgan fingerprint density at radius 1 is 0.198 bits per heavy atom. The lowest BCUT2D eigenvalue weighted by Crippen LogP contribution is -2.02. The van der Waals surface area contributed by atoms with E-state index in [1.54, 1.807) is 54.6 Å². The molecule has 0 unspecified atom stereocenters. The molecule has 0 aliphatic carbocycles. The molecule has 23 aromatic rings. The third-order valence-electron chi connectivity index (χ3n) is 23.8. The van der Waals surface area contributed by atoms with E-state index in [-0.39, 0.29) is 34.6 Å². The molecule has 0 aromatic heterocycles. The standard InChI is InChI=1S/C39H24O2.C38H24O2.C33H20O2/c40-36-22-17-28(23-35(36)39(41)27-8-2-1-3-9-27)30-18-13-25-16-21-34-32(19-14-26-15-20-33(30)37(25)38(26)34)31-12-6-10-24-7-4-5-11-29(24)31;1-22(39)34-21-27(14-19-35(34)40)28-15-10-23-12-17-32-33(18-13-24-11-16-31(28)36(23)37(24)32)38-29-8-4-2-6-25(29)20-26-7-3-5-9-30(26)38;34-30-11-4-3-9-29(30)33(35)26-18-23-14-12-21-16-25(17-22-13-15-24(19-26)32(23)31(21)22)28-10-5-7-20-6-1-2-8-27(20)28/h1-23,40H;2-21,40H,1H3;1-19,34H. The Morgan fingerprint density at radius 2 is 0.552 bits per heavy atom. The second-order valence-corrected chi connectivity index (χ2v) is 30.3. The Kier molecular flexibility index (Phi) is 16.3. The largest absolute Gasteiger partial charge is 0.507 e. The Hall–Kier alpha value is -15.4. The number of rotatable bonds is 10. The first-order chi connectivity index (χ1) is 56.9. The number of para-hydroxylation sites is 1. The number of carbonyl (C=O) groups is 3. The molecule has 3 N–H and O–H groups in total. The fourth-order valence-corrected chi connectivity index (χ4v) is 18.4. The maximum atomic E-state index is 13.3. The highest BCUT2D eigenvalue weighted by molar-refractivity contribution is 6.32. The molecule has 0 fully saturated rings. The maximum absolute atomic E-state index is 13.3. The summed E-state index contributed by atoms with van der Waals surface area (Å²) >= 11 is 0. The molecule has 0 saturated heterocycles. The number of fused-ring (bicyclic) bond motifs is 4. The van der Waals surface area contributed by atoms with Gasteiger partial charge in [0.1, 0.15) is 17.2 Å². The summed E-state index contributed by atoms with van der Waals surface area (Å²) in [7, 11) is 0. The first-order valence-corrected chi connectivity index (χ1v) is 39.0. The number of ketones is 3. The predicted octanol–water partition coefficient (Wildman–Crippen LogP) is 28.5. The first-order valence-electron chi connectivity index (χ1n) is 39.0. The van der Waals surface area contributed by atoms with E-state index < -0.39 is 0 Å². The maximum Gasteiger partial charge on any atom is 0.196 e. The topological polar surface area (TPSA) is 112 Å². The molecule has 0 aliphatic heterocycles. The zero-order valence-electron chi connectivity index (χ0n) is 62.9. The van der Waals surface area contributed by atoms with Gasteiger partial charge in [-0.05, 0) is 269 Å². The van der Waals surface area contributed by atoms with Crippen LogP contribution in [0, 0.1) is 0 Å². The van der Waals surface area contributed by atoms with Gasteiger partial charge in [0.2, 0.25) is 0 Å². The highest BCUT2D eigenvalue weighted by atomic mass is 16.3. The van der Waals surface area contributed by atoms with E-state index in [0.29, 0.717) is 27.8 Å². The number of hydrogen-bond donors (Lipinski definition) is 3. The second kappa shape index (κ2) is 27.5. The van der Waals surface area contributed by atoms with Crippen molar-refractivity contribution < 1.29 is 29.7 Å². The van der Waals surface area contributed by atoms with Crippen molar-refractivity contribution >= 4 is 157 Å². The van der Waals surface area contributed by atoms with Crippen LogP contribution in [-0.2, 0) is 0 Å². The Morgan fingerprint density at radius 3 is 1.08 bits per heavy atom. The molecule has 0 radical (unpaired) electrons. The summed E-state index contributed by atoms with van der Waals surface area (Å²) in [6.07, 6.45) is 0. The van der Waals surface area contributed by atoms with Crippen LogP contribution in [0.1, 0.15) is 49.1 Å². The van der Waals surface area contributed by atoms with Gasteiger partial charge in [-0.25, -0.2) is 0 Å². The van der Waals surface area contributed by atoms with E-state index in [9.17, 15) is 29.7 Å². The molecule has 23 aromatic carbocycles. The third kappa shape index (κ3) is 11.4. The van der Waals surface area contributed by atoms with Crippen molar-refractivity contribution in [2.24, 2.45) is 0 Å². The molecule has 0 spiro atoms. The Balaban J connectivity index is 0.000000109. The highest BCUT2D eigenvalue weighted by Crippen LogP contribution is 2.49. The minimum atomic E-state index is -0.192. The summed E-state index contributed by atoms with van der Waals surface area (Å²) in [5, 5.41) is 62.2. The average Bonchev–Trinajstić information content (AvgIpc) is 0.728. The smallest absolute Gasteiger partial charge is 0.196 e. The van der Waals surface area contributed by atoms with Crippen LogP contribution in [0.15, 0.2) is 376 Å². The lowest BCUT2D eigenvalue weighted by Gasteiger charge is -2.18. The summed E-state index contributed by atoms with van der Waals surface area (Å²) in [6.45, 7) is 1.49. The minimum Gasteiger partial charge on any atom is -0.507 e. The van der Waals surface area contributed by atoms with Crippen LogP contribution in [0.2, 0.25) is 0 Å². The number of carbonyl (C=O) groups excluding carboxylic acids is 3. The van der Waals surface area contributed by atoms with E-state index in [1.165, 1.54) is 159 Å². The minimum absolute atomic E-state index is 0.00328. The van der Waals surface area contributed by atoms with E-state index in [2.05, 4.69) is 273 Å². The van der Waals surface area contributed by atoms with Gasteiger partial charge < -0.3 is 15.3 Å². The molecule has 0 heterocycles. The van der Waals surface area contributed by atoms with Crippen LogP contribution < -0.4 is 0 Å². The number of hydrogen-bond acceptors (Lipinski definition) is 6. The van der Waals surface area contributed by atoms with Gasteiger partial charge in [-0.3, -0.25) is 14.4 Å². The molecule has 23 rings (SSSR count). The second-order valence-electron chi connectivity index (χ2n) is 30.3. The summed E-state index contributed by atoms with van der Waals surface area (Å²) < 4.78 is 0. The number of phenolic OH excluding ortho intramolecular Hbond substituents is 3. The number of Topliss-reactive ketones (excluding diaryl/α,β-unsaturated/α-hetero) is 1. The van der Waals surface area contributed by atoms with Gasteiger partial charge in [0.25, 0.3) is 0 Å². The molecule has 544 valence electrons. The molecule has 0 saturated carbocycles. The lowest BCUT2D eigenvalue weighted by molar-refractivity contribution is 0.101. The fourth-order valence-electron chi connectivity index (χ4n) is 18.4. The first kappa shape index (κ1) is 68.6. The average molecular weight is 1490 g/mol. The summed E-state index contributed by atoms with van der Waals surface area (Å²) in [6, 6.07) is 128. The quantitative estimate of drug-likeness (QED) is 0.0714. The van der Waals surface area contributed by atoms with Crippen molar-refractivity contribution in [1.82, 2.24) is 0 Å². The van der Waals surface area contributed by atoms with Gasteiger partial charge in [-0.15, -0.1) is 0 Å². The SMILES string of the molecule is CC(=O)c1cc(-c2ccc3ccc4c(-c5c6ccccc6cc6ccccc56)ccc5ccc2c3c54)ccc1O.O=C(c1cc2ccc3cc(-c4cccc5ccccc45)cc4ccc(c1)c2c34)c1ccccc1O.O=C(c1ccccc1)c1cc(-c2ccc3ccc4c(-c5cccc6ccccc56)ccc5ccc2c3c54)ccc1O. The molecule has 116 heavy (non-hydrogen) atoms. The van der Waals surface area contributed by atoms with E-state index >= 15 is 0 Å². The van der Waals surface area contributed by atoms with Crippen LogP contribution in [-0.4, -0.2) is 32.7 Å². The monoisotopic (exact) mass is 1480 g/mol. The van der Waals surface area contributed by atoms with Crippen LogP contribution in [0.25, 0.3) is 196 Å². The van der Waals surface area contributed by atoms with Gasteiger partial charge in [-0.2, -0.15) is 0 Å². The summed E-state index contributed by atoms with van der Waals surface area (Å²) in [5.41, 5.74) is 13.3. The fraction of sp³-hybridized carbons (Fsp3) is 0.00909. The Labute approximate surface area is 666 Å². The van der Waals surface area contributed by atoms with Crippen molar-refractivity contribution in [1.29, 1.82) is 0 Å².